The molecule has 1 aromatic heterocycles. The molecule has 0 amide bonds. The zero-order valence-corrected chi connectivity index (χ0v) is 20.1. The fourth-order valence-electron chi connectivity index (χ4n) is 3.87. The first-order valence-corrected chi connectivity index (χ1v) is 11.8. The highest BCUT2D eigenvalue weighted by molar-refractivity contribution is 6.07. The molecular formula is C30H28N2O4. The normalized spacial score (nSPS) is 11.9. The van der Waals surface area contributed by atoms with Crippen molar-refractivity contribution >= 4 is 17.8 Å². The molecule has 0 aliphatic carbocycles. The van der Waals surface area contributed by atoms with Crippen molar-refractivity contribution in [3.63, 3.8) is 0 Å². The summed E-state index contributed by atoms with van der Waals surface area (Å²) in [4.78, 5) is 39.3. The lowest BCUT2D eigenvalue weighted by molar-refractivity contribution is -0.144. The summed E-state index contributed by atoms with van der Waals surface area (Å²) < 4.78 is 8.25. The smallest absolute Gasteiger partial charge is 0.329 e. The average molecular weight is 481 g/mol. The maximum atomic E-state index is 13.4. The highest BCUT2D eigenvalue weighted by Crippen LogP contribution is 2.14. The van der Waals surface area contributed by atoms with Crippen molar-refractivity contribution in [2.45, 2.75) is 20.0 Å². The van der Waals surface area contributed by atoms with Crippen molar-refractivity contribution in [1.82, 2.24) is 9.13 Å². The van der Waals surface area contributed by atoms with Gasteiger partial charge in [-0.15, -0.1) is 0 Å². The van der Waals surface area contributed by atoms with Gasteiger partial charge in [-0.2, -0.15) is 0 Å². The Balaban J connectivity index is 1.53. The number of carbonyl (C=O) groups is 2. The third-order valence-electron chi connectivity index (χ3n) is 5.86. The summed E-state index contributed by atoms with van der Waals surface area (Å²) in [5.41, 5.74) is 2.68. The van der Waals surface area contributed by atoms with Crippen LogP contribution in [-0.4, -0.2) is 27.5 Å². The van der Waals surface area contributed by atoms with Gasteiger partial charge < -0.3 is 4.74 Å². The number of hydrogen-bond acceptors (Lipinski definition) is 4. The monoisotopic (exact) mass is 480 g/mol. The van der Waals surface area contributed by atoms with Gasteiger partial charge in [0.05, 0.1) is 13.1 Å². The van der Waals surface area contributed by atoms with Gasteiger partial charge in [0, 0.05) is 6.20 Å². The summed E-state index contributed by atoms with van der Waals surface area (Å²) in [6, 6.07) is 28.6. The van der Waals surface area contributed by atoms with Gasteiger partial charge in [0.15, 0.2) is 5.78 Å². The van der Waals surface area contributed by atoms with Crippen molar-refractivity contribution in [1.29, 1.82) is 0 Å². The van der Waals surface area contributed by atoms with Gasteiger partial charge in [-0.1, -0.05) is 97.1 Å². The van der Waals surface area contributed by atoms with Gasteiger partial charge in [-0.25, -0.2) is 4.79 Å². The van der Waals surface area contributed by atoms with Crippen LogP contribution in [0.2, 0.25) is 0 Å². The number of hydrogen-bond donors (Lipinski definition) is 0. The third kappa shape index (κ3) is 6.16. The van der Waals surface area contributed by atoms with Crippen LogP contribution in [0.4, 0.5) is 0 Å². The second kappa shape index (κ2) is 11.8. The Hall–Kier alpha value is -4.45. The van der Waals surface area contributed by atoms with Crippen LogP contribution in [0, 0.1) is 5.92 Å². The molecule has 0 saturated carbocycles. The Morgan fingerprint density at radius 3 is 2.00 bits per heavy atom. The van der Waals surface area contributed by atoms with E-state index in [-0.39, 0.29) is 24.5 Å². The topological polar surface area (TPSA) is 70.3 Å². The van der Waals surface area contributed by atoms with E-state index in [9.17, 15) is 14.4 Å². The van der Waals surface area contributed by atoms with E-state index in [4.69, 9.17) is 4.74 Å². The molecule has 0 fully saturated rings. The fraction of sp³-hybridized carbons (Fsp3) is 0.167. The lowest BCUT2D eigenvalue weighted by Gasteiger charge is -2.11. The summed E-state index contributed by atoms with van der Waals surface area (Å²) >= 11 is 0. The maximum Gasteiger partial charge on any atom is 0.329 e. The molecule has 4 rings (SSSR count). The molecule has 1 atom stereocenters. The number of nitrogens with zero attached hydrogens (tertiary/aromatic N) is 2. The van der Waals surface area contributed by atoms with Crippen LogP contribution in [0.3, 0.4) is 0 Å². The molecule has 4 aromatic rings. The number of imidazole rings is 1. The molecule has 0 bridgehead atoms. The SMILES string of the molecule is CC(C(=O)OC/C=C/c1ccccc1)C(=O)c1cn(Cc2ccccc2)c(=O)n1Cc1ccccc1. The van der Waals surface area contributed by atoms with Crippen LogP contribution in [-0.2, 0) is 22.6 Å². The predicted octanol–water partition coefficient (Wildman–Crippen LogP) is 4.82. The average Bonchev–Trinajstić information content (AvgIpc) is 3.22. The second-order valence-electron chi connectivity index (χ2n) is 8.51. The zero-order valence-electron chi connectivity index (χ0n) is 20.1. The molecule has 182 valence electrons. The maximum absolute atomic E-state index is 13.4. The molecule has 1 unspecified atom stereocenters. The van der Waals surface area contributed by atoms with E-state index in [0.29, 0.717) is 6.54 Å². The van der Waals surface area contributed by atoms with E-state index in [1.807, 2.05) is 97.1 Å². The van der Waals surface area contributed by atoms with Crippen LogP contribution in [0.1, 0.15) is 34.1 Å². The van der Waals surface area contributed by atoms with E-state index < -0.39 is 17.7 Å². The van der Waals surface area contributed by atoms with E-state index in [1.54, 1.807) is 12.3 Å². The standard InChI is InChI=1S/C30H28N2O4/c1-23(29(34)36-19-11-18-24-12-5-2-6-13-24)28(33)27-22-31(20-25-14-7-3-8-15-25)30(35)32(27)21-26-16-9-4-10-17-26/h2-18,22-23H,19-21H2,1H3/b18-11+. The van der Waals surface area contributed by atoms with Gasteiger partial charge in [-0.05, 0) is 29.7 Å². The molecule has 6 heteroatoms. The van der Waals surface area contributed by atoms with E-state index in [0.717, 1.165) is 16.7 Å². The lowest BCUT2D eigenvalue weighted by atomic mass is 10.0. The van der Waals surface area contributed by atoms with Gasteiger partial charge in [0.1, 0.15) is 18.2 Å². The lowest BCUT2D eigenvalue weighted by Crippen LogP contribution is -2.29. The van der Waals surface area contributed by atoms with E-state index in [1.165, 1.54) is 16.1 Å². The molecule has 0 saturated heterocycles. The highest BCUT2D eigenvalue weighted by Gasteiger charge is 2.28. The zero-order chi connectivity index (χ0) is 25.3. The number of benzene rings is 3. The number of ketones is 1. The minimum Gasteiger partial charge on any atom is -0.461 e. The molecule has 0 aliphatic heterocycles. The van der Waals surface area contributed by atoms with Crippen molar-refractivity contribution in [2.24, 2.45) is 5.92 Å². The summed E-state index contributed by atoms with van der Waals surface area (Å²) in [5.74, 6) is -2.14. The van der Waals surface area contributed by atoms with Crippen molar-refractivity contribution < 1.29 is 14.3 Å². The number of carbonyl (C=O) groups excluding carboxylic acids is 2. The molecule has 36 heavy (non-hydrogen) atoms. The Labute approximate surface area is 210 Å². The summed E-state index contributed by atoms with van der Waals surface area (Å²) in [7, 11) is 0. The first kappa shape index (κ1) is 24.7. The van der Waals surface area contributed by atoms with E-state index in [2.05, 4.69) is 0 Å². The molecule has 0 spiro atoms. The molecule has 3 aromatic carbocycles. The fourth-order valence-corrected chi connectivity index (χ4v) is 3.87. The number of ether oxygens (including phenoxy) is 1. The van der Waals surface area contributed by atoms with Crippen molar-refractivity contribution in [2.75, 3.05) is 6.61 Å². The molecule has 0 N–H and O–H groups in total. The molecular weight excluding hydrogens is 452 g/mol. The van der Waals surface area contributed by atoms with Crippen LogP contribution >= 0.6 is 0 Å². The summed E-state index contributed by atoms with van der Waals surface area (Å²) in [6.07, 6.45) is 5.12. The minimum absolute atomic E-state index is 0.0528. The highest BCUT2D eigenvalue weighted by atomic mass is 16.5. The molecule has 1 heterocycles. The van der Waals surface area contributed by atoms with Gasteiger partial charge in [-0.3, -0.25) is 18.7 Å². The number of rotatable bonds is 10. The largest absolute Gasteiger partial charge is 0.461 e. The quantitative estimate of drug-likeness (QED) is 0.185. The number of aromatic nitrogens is 2. The van der Waals surface area contributed by atoms with Gasteiger partial charge >= 0.3 is 11.7 Å². The number of Topliss-reactive ketones (excluding diaryl/α,β-unsaturated/α-hetero) is 1. The Bertz CT molecular complexity index is 1390. The van der Waals surface area contributed by atoms with Gasteiger partial charge in [0.25, 0.3) is 0 Å². The van der Waals surface area contributed by atoms with E-state index >= 15 is 0 Å². The van der Waals surface area contributed by atoms with Crippen LogP contribution in [0.15, 0.2) is 108 Å². The van der Waals surface area contributed by atoms with Crippen LogP contribution < -0.4 is 5.69 Å². The Kier molecular flexibility index (Phi) is 8.08. The minimum atomic E-state index is -1.05. The summed E-state index contributed by atoms with van der Waals surface area (Å²) in [5, 5.41) is 0. The third-order valence-corrected chi connectivity index (χ3v) is 5.86. The molecule has 0 aliphatic rings. The van der Waals surface area contributed by atoms with Crippen LogP contribution in [0.5, 0.6) is 0 Å². The van der Waals surface area contributed by atoms with Crippen LogP contribution in [0.25, 0.3) is 6.08 Å². The second-order valence-corrected chi connectivity index (χ2v) is 8.51. The first-order chi connectivity index (χ1) is 17.5. The molecule has 0 radical (unpaired) electrons. The predicted molar refractivity (Wildman–Crippen MR) is 140 cm³/mol. The summed E-state index contributed by atoms with van der Waals surface area (Å²) in [6.45, 7) is 2.11. The molecule has 6 nitrogen and oxygen atoms in total. The Morgan fingerprint density at radius 2 is 1.39 bits per heavy atom. The number of esters is 1. The van der Waals surface area contributed by atoms with Crippen molar-refractivity contribution in [3.05, 3.63) is 136 Å². The van der Waals surface area contributed by atoms with Crippen molar-refractivity contribution in [3.8, 4) is 0 Å². The Morgan fingerprint density at radius 1 is 0.833 bits per heavy atom. The van der Waals surface area contributed by atoms with Gasteiger partial charge in [0.2, 0.25) is 0 Å². The first-order valence-electron chi connectivity index (χ1n) is 11.8.